The van der Waals surface area contributed by atoms with Gasteiger partial charge >= 0.3 is 0 Å². The lowest BCUT2D eigenvalue weighted by Crippen LogP contribution is -1.88. The molecule has 7 aromatic rings. The molecule has 2 nitrogen and oxygen atoms in total. The molecule has 39 heavy (non-hydrogen) atoms. The molecule has 0 aliphatic carbocycles. The molecule has 0 fully saturated rings. The average molecular weight is 500 g/mol. The molecular formula is C37H25NO. The highest BCUT2D eigenvalue weighted by atomic mass is 16.3. The van der Waals surface area contributed by atoms with Crippen molar-refractivity contribution in [2.24, 2.45) is 0 Å². The van der Waals surface area contributed by atoms with E-state index in [1.54, 1.807) is 0 Å². The first kappa shape index (κ1) is 22.9. The second-order valence-corrected chi connectivity index (χ2v) is 9.75. The maximum Gasteiger partial charge on any atom is 0.136 e. The summed E-state index contributed by atoms with van der Waals surface area (Å²) in [5.74, 6) is 0. The molecule has 0 saturated heterocycles. The molecule has 1 heterocycles. The number of furan rings is 1. The van der Waals surface area contributed by atoms with Crippen molar-refractivity contribution in [2.75, 3.05) is 0 Å². The molecule has 0 bridgehead atoms. The summed E-state index contributed by atoms with van der Waals surface area (Å²) in [6.07, 6.45) is 1.39. The van der Waals surface area contributed by atoms with Gasteiger partial charge in [0.2, 0.25) is 0 Å². The molecule has 1 aromatic heterocycles. The monoisotopic (exact) mass is 499 g/mol. The van der Waals surface area contributed by atoms with Crippen LogP contribution in [-0.4, -0.2) is 6.21 Å². The average Bonchev–Trinajstić information content (AvgIpc) is 3.40. The predicted octanol–water partition coefficient (Wildman–Crippen LogP) is 10.3. The zero-order valence-electron chi connectivity index (χ0n) is 21.3. The third-order valence-corrected chi connectivity index (χ3v) is 7.42. The summed E-state index contributed by atoms with van der Waals surface area (Å²) in [6, 6.07) is 48.8. The molecule has 0 amide bonds. The van der Waals surface area contributed by atoms with Crippen LogP contribution < -0.4 is 0 Å². The van der Waals surface area contributed by atoms with E-state index >= 15 is 0 Å². The Bertz CT molecular complexity index is 1950. The normalized spacial score (nSPS) is 11.2. The second kappa shape index (κ2) is 9.59. The van der Waals surface area contributed by atoms with E-state index in [9.17, 15) is 0 Å². The van der Waals surface area contributed by atoms with Gasteiger partial charge in [-0.3, -0.25) is 0 Å². The van der Waals surface area contributed by atoms with Crippen LogP contribution in [0.2, 0.25) is 0 Å². The molecule has 0 aliphatic heterocycles. The first-order chi connectivity index (χ1) is 19.3. The largest absolute Gasteiger partial charge is 0.456 e. The molecule has 0 atom stereocenters. The number of hydrogen-bond donors (Lipinski definition) is 1. The second-order valence-electron chi connectivity index (χ2n) is 9.75. The zero-order valence-corrected chi connectivity index (χ0v) is 21.3. The van der Waals surface area contributed by atoms with Gasteiger partial charge in [0.15, 0.2) is 0 Å². The number of rotatable bonds is 5. The molecule has 184 valence electrons. The lowest BCUT2D eigenvalue weighted by atomic mass is 9.90. The zero-order chi connectivity index (χ0) is 26.2. The summed E-state index contributed by atoms with van der Waals surface area (Å²) in [7, 11) is 0. The van der Waals surface area contributed by atoms with Crippen LogP contribution in [0.4, 0.5) is 0 Å². The van der Waals surface area contributed by atoms with Gasteiger partial charge in [-0.1, -0.05) is 115 Å². The quantitative estimate of drug-likeness (QED) is 0.235. The fraction of sp³-hybridized carbons (Fsp3) is 0. The highest BCUT2D eigenvalue weighted by Gasteiger charge is 2.13. The molecule has 1 N–H and O–H groups in total. The Morgan fingerprint density at radius 2 is 1.03 bits per heavy atom. The van der Waals surface area contributed by atoms with E-state index in [4.69, 9.17) is 9.83 Å². The molecule has 0 spiro atoms. The van der Waals surface area contributed by atoms with Crippen molar-refractivity contribution in [2.45, 2.75) is 0 Å². The van der Waals surface area contributed by atoms with Gasteiger partial charge in [-0.2, -0.15) is 0 Å². The smallest absolute Gasteiger partial charge is 0.136 e. The lowest BCUT2D eigenvalue weighted by Gasteiger charge is -2.14. The van der Waals surface area contributed by atoms with Gasteiger partial charge in [-0.25, -0.2) is 0 Å². The Morgan fingerprint density at radius 1 is 0.436 bits per heavy atom. The Balaban J connectivity index is 1.31. The van der Waals surface area contributed by atoms with Crippen molar-refractivity contribution >= 4 is 28.2 Å². The predicted molar refractivity (Wildman–Crippen MR) is 163 cm³/mol. The summed E-state index contributed by atoms with van der Waals surface area (Å²) in [6.45, 7) is 0. The lowest BCUT2D eigenvalue weighted by molar-refractivity contribution is 0.669. The minimum atomic E-state index is 0.811. The van der Waals surface area contributed by atoms with Crippen LogP contribution in [0.25, 0.3) is 66.4 Å². The fourth-order valence-corrected chi connectivity index (χ4v) is 5.46. The third-order valence-electron chi connectivity index (χ3n) is 7.42. The molecule has 0 aliphatic rings. The van der Waals surface area contributed by atoms with Crippen LogP contribution in [0.5, 0.6) is 0 Å². The molecule has 0 radical (unpaired) electrons. The van der Waals surface area contributed by atoms with E-state index in [1.807, 2.05) is 24.3 Å². The van der Waals surface area contributed by atoms with Crippen molar-refractivity contribution < 1.29 is 4.42 Å². The van der Waals surface area contributed by atoms with Gasteiger partial charge < -0.3 is 9.83 Å². The van der Waals surface area contributed by atoms with Crippen molar-refractivity contribution in [3.05, 3.63) is 145 Å². The Hall–Kier alpha value is -5.21. The van der Waals surface area contributed by atoms with Crippen LogP contribution in [0.1, 0.15) is 5.56 Å². The highest BCUT2D eigenvalue weighted by Crippen LogP contribution is 2.38. The Morgan fingerprint density at radius 3 is 1.77 bits per heavy atom. The summed E-state index contributed by atoms with van der Waals surface area (Å²) < 4.78 is 6.06. The molecule has 6 aromatic carbocycles. The van der Waals surface area contributed by atoms with Gasteiger partial charge in [-0.05, 0) is 68.8 Å². The fourth-order valence-electron chi connectivity index (χ4n) is 5.46. The number of nitrogens with one attached hydrogen (secondary N) is 1. The first-order valence-corrected chi connectivity index (χ1v) is 13.1. The number of fused-ring (bicyclic) bond motifs is 3. The van der Waals surface area contributed by atoms with E-state index in [0.29, 0.717) is 0 Å². The molecule has 2 heteroatoms. The summed E-state index contributed by atoms with van der Waals surface area (Å²) >= 11 is 0. The number of benzene rings is 6. The highest BCUT2D eigenvalue weighted by molar-refractivity contribution is 6.13. The summed E-state index contributed by atoms with van der Waals surface area (Å²) in [4.78, 5) is 0. The van der Waals surface area contributed by atoms with Crippen LogP contribution in [-0.2, 0) is 0 Å². The third kappa shape index (κ3) is 4.13. The van der Waals surface area contributed by atoms with Crippen molar-refractivity contribution in [3.8, 4) is 44.5 Å². The van der Waals surface area contributed by atoms with Crippen molar-refractivity contribution in [1.82, 2.24) is 0 Å². The van der Waals surface area contributed by atoms with E-state index in [0.717, 1.165) is 38.6 Å². The number of hydrogen-bond acceptors (Lipinski definition) is 2. The molecule has 0 saturated carbocycles. The van der Waals surface area contributed by atoms with Crippen molar-refractivity contribution in [3.63, 3.8) is 0 Å². The first-order valence-electron chi connectivity index (χ1n) is 13.1. The summed E-state index contributed by atoms with van der Waals surface area (Å²) in [5.41, 5.74) is 12.0. The van der Waals surface area contributed by atoms with Crippen molar-refractivity contribution in [1.29, 1.82) is 5.41 Å². The molecule has 7 rings (SSSR count). The van der Waals surface area contributed by atoms with E-state index in [2.05, 4.69) is 115 Å². The standard InChI is InChI=1S/C37H25NO/c38-24-31-12-7-13-36-37(31)34-23-30(19-21-35(34)39-36)26-14-16-28(17-15-26)32-20-18-29(25-8-3-1-4-9-25)22-33(32)27-10-5-2-6-11-27/h1-24,38H. The maximum atomic E-state index is 7.84. The van der Waals surface area contributed by atoms with Gasteiger partial charge in [-0.15, -0.1) is 0 Å². The van der Waals surface area contributed by atoms with Crippen LogP contribution in [0.3, 0.4) is 0 Å². The molecule has 0 unspecified atom stereocenters. The minimum Gasteiger partial charge on any atom is -0.456 e. The summed E-state index contributed by atoms with van der Waals surface area (Å²) in [5, 5.41) is 9.87. The van der Waals surface area contributed by atoms with Gasteiger partial charge in [0, 0.05) is 22.6 Å². The van der Waals surface area contributed by atoms with Gasteiger partial charge in [0.05, 0.1) is 0 Å². The topological polar surface area (TPSA) is 37.0 Å². The SMILES string of the molecule is N=Cc1cccc2oc3ccc(-c4ccc(-c5ccc(-c6ccccc6)cc5-c5ccccc5)cc4)cc3c12. The Labute approximate surface area is 227 Å². The van der Waals surface area contributed by atoms with Gasteiger partial charge in [0.25, 0.3) is 0 Å². The minimum absolute atomic E-state index is 0.811. The maximum absolute atomic E-state index is 7.84. The van der Waals surface area contributed by atoms with Gasteiger partial charge in [0.1, 0.15) is 11.2 Å². The van der Waals surface area contributed by atoms with E-state index in [1.165, 1.54) is 39.6 Å². The molecular weight excluding hydrogens is 474 g/mol. The van der Waals surface area contributed by atoms with Crippen LogP contribution in [0.15, 0.2) is 144 Å². The Kier molecular flexibility index (Phi) is 5.64. The van der Waals surface area contributed by atoms with E-state index in [-0.39, 0.29) is 0 Å². The van der Waals surface area contributed by atoms with Crippen LogP contribution >= 0.6 is 0 Å². The van der Waals surface area contributed by atoms with Crippen LogP contribution in [0, 0.1) is 5.41 Å². The van der Waals surface area contributed by atoms with E-state index < -0.39 is 0 Å².